The van der Waals surface area contributed by atoms with Gasteiger partial charge >= 0.3 is 12.4 Å². The van der Waals surface area contributed by atoms with E-state index in [1.54, 1.807) is 12.1 Å². The van der Waals surface area contributed by atoms with E-state index in [9.17, 15) is 26.3 Å². The van der Waals surface area contributed by atoms with Crippen molar-refractivity contribution >= 4 is 22.7 Å². The van der Waals surface area contributed by atoms with Gasteiger partial charge in [0.05, 0.1) is 28.6 Å². The van der Waals surface area contributed by atoms with Gasteiger partial charge < -0.3 is 9.80 Å². The molecular formula is C74H60F6N2. The van der Waals surface area contributed by atoms with Crippen molar-refractivity contribution in [1.82, 2.24) is 0 Å². The third-order valence-electron chi connectivity index (χ3n) is 16.6. The van der Waals surface area contributed by atoms with Gasteiger partial charge in [-0.2, -0.15) is 26.3 Å². The van der Waals surface area contributed by atoms with Crippen molar-refractivity contribution in [3.05, 3.63) is 296 Å². The molecule has 8 aromatic rings. The Morgan fingerprint density at radius 2 is 0.890 bits per heavy atom. The standard InChI is InChI=1S/C74H60F6N2/c1-43-15-19-47(5)61(35-43)53-27-33-69(65(39-53)63-37-45(3)17-21-49(63)7)81(57-13-9-11-55(41-57)73(75,76)77)67-31-25-51-24-30-60-68(32-26-52-23-29-59(67)71(51)72(52)60)82(58-14-10-12-56(42-58)74(78,79)80)70-34-28-54(62-36-44(2)16-20-48(62)6)40-66(70)64-38-46(4)18-22-50(64)8/h9-42,67,72H,1-8H3. The number of hydrogen-bond acceptors (Lipinski definition) is 2. The molecule has 408 valence electrons. The smallest absolute Gasteiger partial charge is 0.330 e. The normalized spacial score (nSPS) is 16.3. The number of aryl methyl sites for hydroxylation is 8. The highest BCUT2D eigenvalue weighted by Crippen LogP contribution is 2.54. The second kappa shape index (κ2) is 20.6. The van der Waals surface area contributed by atoms with Crippen molar-refractivity contribution in [1.29, 1.82) is 0 Å². The SMILES string of the molecule is Cc1ccc(C)c(-c2ccc(N(C3=C4C=CC5=C6C(=CC=C(C=C3)C46)C(N(c3cccc(C(F)(F)F)c3)c3ccc(-c4cc(C)ccc4C)cc3-c3cc(C)ccc3C)C=C5)c3cccc(C(F)(F)F)c3)c(-c3cc(C)ccc3C)c2)c1. The predicted octanol–water partition coefficient (Wildman–Crippen LogP) is 20.9. The second-order valence-corrected chi connectivity index (χ2v) is 22.4. The molecule has 4 aliphatic carbocycles. The van der Waals surface area contributed by atoms with Crippen molar-refractivity contribution < 1.29 is 26.3 Å². The molecule has 2 atom stereocenters. The van der Waals surface area contributed by atoms with E-state index < -0.39 is 35.4 Å². The van der Waals surface area contributed by atoms with Crippen LogP contribution in [0.15, 0.2) is 240 Å². The van der Waals surface area contributed by atoms with Crippen LogP contribution in [-0.4, -0.2) is 6.04 Å². The molecule has 0 fully saturated rings. The van der Waals surface area contributed by atoms with Crippen LogP contribution in [0.4, 0.5) is 49.1 Å². The Bertz CT molecular complexity index is 4190. The molecule has 0 amide bonds. The van der Waals surface area contributed by atoms with Gasteiger partial charge in [0.25, 0.3) is 0 Å². The third kappa shape index (κ3) is 9.78. The number of rotatable bonds is 10. The van der Waals surface area contributed by atoms with E-state index in [1.807, 2.05) is 35.8 Å². The van der Waals surface area contributed by atoms with Crippen LogP contribution in [-0.2, 0) is 12.4 Å². The Labute approximate surface area is 476 Å². The Kier molecular flexibility index (Phi) is 13.5. The zero-order valence-electron chi connectivity index (χ0n) is 46.9. The molecule has 12 rings (SSSR count). The zero-order valence-corrected chi connectivity index (χ0v) is 46.9. The number of halogens is 6. The van der Waals surface area contributed by atoms with Crippen LogP contribution in [0.3, 0.4) is 0 Å². The lowest BCUT2D eigenvalue weighted by Crippen LogP contribution is -2.37. The van der Waals surface area contributed by atoms with Crippen LogP contribution in [0.5, 0.6) is 0 Å². The van der Waals surface area contributed by atoms with Gasteiger partial charge in [0.15, 0.2) is 0 Å². The lowest BCUT2D eigenvalue weighted by molar-refractivity contribution is -0.138. The lowest BCUT2D eigenvalue weighted by Gasteiger charge is -2.44. The average Bonchev–Trinajstić information content (AvgIpc) is 1.67. The Morgan fingerprint density at radius 1 is 0.402 bits per heavy atom. The van der Waals surface area contributed by atoms with E-state index >= 15 is 0 Å². The minimum Gasteiger partial charge on any atom is -0.330 e. The molecule has 4 aliphatic rings. The first-order valence-electron chi connectivity index (χ1n) is 27.7. The molecule has 8 heteroatoms. The van der Waals surface area contributed by atoms with Crippen LogP contribution < -0.4 is 9.80 Å². The number of anilines is 4. The summed E-state index contributed by atoms with van der Waals surface area (Å²) in [5.74, 6) is -0.396. The Hall–Kier alpha value is -8.88. The first-order chi connectivity index (χ1) is 39.2. The van der Waals surface area contributed by atoms with Gasteiger partial charge in [-0.05, 0) is 206 Å². The Balaban J connectivity index is 1.07. The molecule has 8 aromatic carbocycles. The maximum atomic E-state index is 15.0. The summed E-state index contributed by atoms with van der Waals surface area (Å²) in [6.07, 6.45) is 7.32. The molecule has 0 saturated heterocycles. The van der Waals surface area contributed by atoms with Crippen LogP contribution in [0.2, 0.25) is 0 Å². The van der Waals surface area contributed by atoms with E-state index in [0.717, 1.165) is 135 Å². The fourth-order valence-electron chi connectivity index (χ4n) is 12.4. The molecule has 0 bridgehead atoms. The van der Waals surface area contributed by atoms with Gasteiger partial charge in [0.2, 0.25) is 0 Å². The van der Waals surface area contributed by atoms with Crippen molar-refractivity contribution in [2.75, 3.05) is 9.80 Å². The van der Waals surface area contributed by atoms with E-state index in [0.29, 0.717) is 22.8 Å². The topological polar surface area (TPSA) is 6.48 Å². The van der Waals surface area contributed by atoms with E-state index in [1.165, 1.54) is 24.3 Å². The molecule has 2 nitrogen and oxygen atoms in total. The maximum Gasteiger partial charge on any atom is 0.416 e. The first-order valence-corrected chi connectivity index (χ1v) is 27.7. The molecule has 2 unspecified atom stereocenters. The number of allylic oxidation sites excluding steroid dienone is 10. The number of benzene rings is 8. The van der Waals surface area contributed by atoms with Crippen LogP contribution in [0, 0.1) is 61.3 Å². The summed E-state index contributed by atoms with van der Waals surface area (Å²) < 4.78 is 89.8. The lowest BCUT2D eigenvalue weighted by atomic mass is 9.67. The van der Waals surface area contributed by atoms with Gasteiger partial charge in [0, 0.05) is 34.1 Å². The second-order valence-electron chi connectivity index (χ2n) is 22.4. The fourth-order valence-corrected chi connectivity index (χ4v) is 12.4. The van der Waals surface area contributed by atoms with Crippen LogP contribution >= 0.6 is 0 Å². The highest BCUT2D eigenvalue weighted by molar-refractivity contribution is 5.93. The summed E-state index contributed by atoms with van der Waals surface area (Å²) >= 11 is 0. The third-order valence-corrected chi connectivity index (χ3v) is 16.6. The van der Waals surface area contributed by atoms with Gasteiger partial charge in [0.1, 0.15) is 0 Å². The molecule has 82 heavy (non-hydrogen) atoms. The van der Waals surface area contributed by atoms with Gasteiger partial charge in [-0.1, -0.05) is 162 Å². The van der Waals surface area contributed by atoms with Crippen molar-refractivity contribution in [3.63, 3.8) is 0 Å². The van der Waals surface area contributed by atoms with E-state index in [-0.39, 0.29) is 0 Å². The van der Waals surface area contributed by atoms with Gasteiger partial charge in [-0.3, -0.25) is 0 Å². The maximum absolute atomic E-state index is 15.0. The average molecular weight is 1090 g/mol. The largest absolute Gasteiger partial charge is 0.416 e. The first kappa shape index (κ1) is 53.7. The molecule has 0 N–H and O–H groups in total. The van der Waals surface area contributed by atoms with Crippen molar-refractivity contribution in [2.24, 2.45) is 5.92 Å². The quantitative estimate of drug-likeness (QED) is 0.126. The number of hydrogen-bond donors (Lipinski definition) is 0. The summed E-state index contributed by atoms with van der Waals surface area (Å²) in [4.78, 5) is 4.03. The minimum atomic E-state index is -4.62. The molecule has 0 radical (unpaired) electrons. The van der Waals surface area contributed by atoms with Crippen LogP contribution in [0.25, 0.3) is 44.5 Å². The van der Waals surface area contributed by atoms with Gasteiger partial charge in [-0.25, -0.2) is 0 Å². The molecule has 0 heterocycles. The molecule has 0 aliphatic heterocycles. The zero-order chi connectivity index (χ0) is 57.5. The predicted molar refractivity (Wildman–Crippen MR) is 325 cm³/mol. The molecule has 0 aromatic heterocycles. The highest BCUT2D eigenvalue weighted by Gasteiger charge is 2.42. The van der Waals surface area contributed by atoms with Gasteiger partial charge in [-0.15, -0.1) is 0 Å². The molecule has 0 spiro atoms. The Morgan fingerprint density at radius 3 is 1.44 bits per heavy atom. The minimum absolute atomic E-state index is 0.334. The van der Waals surface area contributed by atoms with E-state index in [4.69, 9.17) is 0 Å². The van der Waals surface area contributed by atoms with Crippen molar-refractivity contribution in [3.8, 4) is 44.5 Å². The fraction of sp³-hybridized carbons (Fsp3) is 0.162. The molecular weight excluding hydrogens is 1030 g/mol. The summed E-state index contributed by atoms with van der Waals surface area (Å²) in [5, 5.41) is 0. The monoisotopic (exact) mass is 1090 g/mol. The van der Waals surface area contributed by atoms with Crippen molar-refractivity contribution in [2.45, 2.75) is 73.8 Å². The summed E-state index contributed by atoms with van der Waals surface area (Å²) in [6.45, 7) is 16.5. The summed E-state index contributed by atoms with van der Waals surface area (Å²) in [7, 11) is 0. The van der Waals surface area contributed by atoms with Crippen LogP contribution in [0.1, 0.15) is 55.6 Å². The summed E-state index contributed by atoms with van der Waals surface area (Å²) in [5.41, 5.74) is 22.2. The number of nitrogens with zero attached hydrogens (tertiary/aromatic N) is 2. The number of alkyl halides is 6. The molecule has 0 saturated carbocycles. The highest BCUT2D eigenvalue weighted by atomic mass is 19.4. The summed E-state index contributed by atoms with van der Waals surface area (Å²) in [6, 6.07) is 48.4. The van der Waals surface area contributed by atoms with E-state index in [2.05, 4.69) is 187 Å².